The Morgan fingerprint density at radius 1 is 0.917 bits per heavy atom. The van der Waals surface area contributed by atoms with Gasteiger partial charge in [0, 0.05) is 24.3 Å². The van der Waals surface area contributed by atoms with Crippen molar-refractivity contribution in [3.05, 3.63) is 65.7 Å². The van der Waals surface area contributed by atoms with Gasteiger partial charge in [-0.15, -0.1) is 0 Å². The molecule has 24 heavy (non-hydrogen) atoms. The minimum Gasteiger partial charge on any atom is -0.451 e. The maximum Gasteiger partial charge on any atom is 0.338 e. The van der Waals surface area contributed by atoms with Crippen molar-refractivity contribution in [2.75, 3.05) is 18.0 Å². The molecule has 4 nitrogen and oxygen atoms in total. The molecule has 0 radical (unpaired) electrons. The summed E-state index contributed by atoms with van der Waals surface area (Å²) >= 11 is 0. The van der Waals surface area contributed by atoms with E-state index in [1.54, 1.807) is 43.3 Å². The molecule has 2 aromatic rings. The lowest BCUT2D eigenvalue weighted by atomic mass is 10.1. The third kappa shape index (κ3) is 3.65. The van der Waals surface area contributed by atoms with Crippen molar-refractivity contribution < 1.29 is 14.3 Å². The van der Waals surface area contributed by atoms with E-state index in [1.165, 1.54) is 12.8 Å². The summed E-state index contributed by atoms with van der Waals surface area (Å²) in [5, 5.41) is 0. The number of carbonyl (C=O) groups excluding carboxylic acids is 2. The second-order valence-electron chi connectivity index (χ2n) is 6.02. The second kappa shape index (κ2) is 7.30. The van der Waals surface area contributed by atoms with Gasteiger partial charge in [0.25, 0.3) is 0 Å². The first-order valence-corrected chi connectivity index (χ1v) is 8.30. The molecule has 1 saturated heterocycles. The van der Waals surface area contributed by atoms with Crippen LogP contribution in [0.4, 0.5) is 5.69 Å². The van der Waals surface area contributed by atoms with Crippen LogP contribution in [0.1, 0.15) is 40.5 Å². The molecule has 0 bridgehead atoms. The van der Waals surface area contributed by atoms with Crippen molar-refractivity contribution in [3.8, 4) is 0 Å². The number of carbonyl (C=O) groups is 2. The zero-order valence-corrected chi connectivity index (χ0v) is 13.8. The number of rotatable bonds is 5. The van der Waals surface area contributed by atoms with Crippen LogP contribution >= 0.6 is 0 Å². The van der Waals surface area contributed by atoms with E-state index in [0.717, 1.165) is 18.8 Å². The number of ketones is 1. The molecule has 4 heteroatoms. The van der Waals surface area contributed by atoms with Crippen molar-refractivity contribution in [2.45, 2.75) is 25.9 Å². The van der Waals surface area contributed by atoms with E-state index in [2.05, 4.69) is 4.90 Å². The van der Waals surface area contributed by atoms with Crippen LogP contribution in [0.15, 0.2) is 54.6 Å². The Morgan fingerprint density at radius 2 is 1.54 bits per heavy atom. The number of benzene rings is 2. The topological polar surface area (TPSA) is 46.6 Å². The number of esters is 1. The van der Waals surface area contributed by atoms with Gasteiger partial charge in [-0.3, -0.25) is 4.79 Å². The van der Waals surface area contributed by atoms with Gasteiger partial charge in [0.05, 0.1) is 5.56 Å². The van der Waals surface area contributed by atoms with Gasteiger partial charge in [-0.25, -0.2) is 4.79 Å². The van der Waals surface area contributed by atoms with Crippen LogP contribution in [0.2, 0.25) is 0 Å². The summed E-state index contributed by atoms with van der Waals surface area (Å²) in [5.74, 6) is -0.669. The Kier molecular flexibility index (Phi) is 4.94. The summed E-state index contributed by atoms with van der Waals surface area (Å²) < 4.78 is 5.32. The summed E-state index contributed by atoms with van der Waals surface area (Å²) in [4.78, 5) is 26.8. The van der Waals surface area contributed by atoms with Crippen LogP contribution in [0.25, 0.3) is 0 Å². The minimum atomic E-state index is -0.807. The zero-order chi connectivity index (χ0) is 16.9. The highest BCUT2D eigenvalue weighted by Gasteiger charge is 2.20. The fourth-order valence-corrected chi connectivity index (χ4v) is 2.90. The summed E-state index contributed by atoms with van der Waals surface area (Å²) in [6.45, 7) is 3.73. The molecule has 0 aromatic heterocycles. The van der Waals surface area contributed by atoms with Gasteiger partial charge in [-0.05, 0) is 44.0 Å². The summed E-state index contributed by atoms with van der Waals surface area (Å²) in [6.07, 6.45) is 1.62. The molecular formula is C20H21NO3. The molecule has 1 aliphatic heterocycles. The van der Waals surface area contributed by atoms with Crippen LogP contribution in [0, 0.1) is 0 Å². The molecule has 1 heterocycles. The number of anilines is 1. The Balaban J connectivity index is 1.62. The molecule has 0 saturated carbocycles. The third-order valence-corrected chi connectivity index (χ3v) is 4.29. The number of Topliss-reactive ketones (excluding diaryl/α,β-unsaturated/α-hetero) is 1. The molecule has 1 unspecified atom stereocenters. The average Bonchev–Trinajstić information content (AvgIpc) is 3.16. The van der Waals surface area contributed by atoms with Crippen LogP contribution in [-0.4, -0.2) is 30.9 Å². The third-order valence-electron chi connectivity index (χ3n) is 4.29. The normalized spacial score (nSPS) is 15.1. The highest BCUT2D eigenvalue weighted by atomic mass is 16.5. The first-order valence-electron chi connectivity index (χ1n) is 8.30. The molecule has 1 aliphatic rings. The maximum atomic E-state index is 12.3. The smallest absolute Gasteiger partial charge is 0.338 e. The van der Waals surface area contributed by atoms with E-state index in [-0.39, 0.29) is 5.78 Å². The molecule has 0 spiro atoms. The predicted molar refractivity (Wildman–Crippen MR) is 93.5 cm³/mol. The van der Waals surface area contributed by atoms with Gasteiger partial charge in [-0.2, -0.15) is 0 Å². The van der Waals surface area contributed by atoms with Crippen molar-refractivity contribution >= 4 is 17.4 Å². The molecule has 124 valence electrons. The van der Waals surface area contributed by atoms with Crippen LogP contribution in [0.5, 0.6) is 0 Å². The summed E-state index contributed by atoms with van der Waals surface area (Å²) in [5.41, 5.74) is 2.13. The predicted octanol–water partition coefficient (Wildman–Crippen LogP) is 3.72. The van der Waals surface area contributed by atoms with Crippen LogP contribution < -0.4 is 4.90 Å². The van der Waals surface area contributed by atoms with Crippen LogP contribution in [0.3, 0.4) is 0 Å². The minimum absolute atomic E-state index is 0.197. The van der Waals surface area contributed by atoms with Gasteiger partial charge in [0.1, 0.15) is 0 Å². The number of nitrogens with zero attached hydrogens (tertiary/aromatic N) is 1. The maximum absolute atomic E-state index is 12.3. The van der Waals surface area contributed by atoms with E-state index in [9.17, 15) is 9.59 Å². The average molecular weight is 323 g/mol. The largest absolute Gasteiger partial charge is 0.451 e. The quantitative estimate of drug-likeness (QED) is 0.621. The summed E-state index contributed by atoms with van der Waals surface area (Å²) in [7, 11) is 0. The number of hydrogen-bond acceptors (Lipinski definition) is 4. The molecule has 3 rings (SSSR count). The first-order chi connectivity index (χ1) is 11.6. The van der Waals surface area contributed by atoms with Gasteiger partial charge in [0.2, 0.25) is 5.78 Å². The van der Waals surface area contributed by atoms with E-state index in [1.807, 2.05) is 18.2 Å². The lowest BCUT2D eigenvalue weighted by molar-refractivity contribution is 0.0319. The Bertz CT molecular complexity index is 703. The van der Waals surface area contributed by atoms with Crippen molar-refractivity contribution in [2.24, 2.45) is 0 Å². The Morgan fingerprint density at radius 3 is 2.17 bits per heavy atom. The molecule has 1 atom stereocenters. The zero-order valence-electron chi connectivity index (χ0n) is 13.8. The van der Waals surface area contributed by atoms with Crippen molar-refractivity contribution in [1.29, 1.82) is 0 Å². The van der Waals surface area contributed by atoms with Gasteiger partial charge < -0.3 is 9.64 Å². The number of ether oxygens (including phenoxy) is 1. The van der Waals surface area contributed by atoms with Crippen molar-refractivity contribution in [3.63, 3.8) is 0 Å². The Labute approximate surface area is 142 Å². The number of hydrogen-bond donors (Lipinski definition) is 0. The van der Waals surface area contributed by atoms with E-state index in [0.29, 0.717) is 11.1 Å². The Hall–Kier alpha value is -2.62. The fourth-order valence-electron chi connectivity index (χ4n) is 2.90. The molecule has 0 N–H and O–H groups in total. The lowest BCUT2D eigenvalue weighted by Crippen LogP contribution is -2.24. The molecule has 0 amide bonds. The fraction of sp³-hybridized carbons (Fsp3) is 0.300. The SMILES string of the molecule is CC(OC(=O)c1ccc(N2CCCC2)cc1)C(=O)c1ccccc1. The highest BCUT2D eigenvalue weighted by Crippen LogP contribution is 2.21. The van der Waals surface area contributed by atoms with Crippen molar-refractivity contribution in [1.82, 2.24) is 0 Å². The van der Waals surface area contributed by atoms with E-state index < -0.39 is 12.1 Å². The van der Waals surface area contributed by atoms with Crippen LogP contribution in [-0.2, 0) is 4.74 Å². The lowest BCUT2D eigenvalue weighted by Gasteiger charge is -2.18. The van der Waals surface area contributed by atoms with Gasteiger partial charge in [0.15, 0.2) is 6.10 Å². The highest BCUT2D eigenvalue weighted by molar-refractivity contribution is 6.01. The molecule has 0 aliphatic carbocycles. The van der Waals surface area contributed by atoms with Gasteiger partial charge in [-0.1, -0.05) is 30.3 Å². The van der Waals surface area contributed by atoms with E-state index in [4.69, 9.17) is 4.74 Å². The van der Waals surface area contributed by atoms with Gasteiger partial charge >= 0.3 is 5.97 Å². The standard InChI is InChI=1S/C20H21NO3/c1-15(19(22)16-7-3-2-4-8-16)24-20(23)17-9-11-18(12-10-17)21-13-5-6-14-21/h2-4,7-12,15H,5-6,13-14H2,1H3. The first kappa shape index (κ1) is 16.2. The second-order valence-corrected chi connectivity index (χ2v) is 6.02. The molecular weight excluding hydrogens is 302 g/mol. The molecule has 2 aromatic carbocycles. The summed E-state index contributed by atoms with van der Waals surface area (Å²) in [6, 6.07) is 16.3. The van der Waals surface area contributed by atoms with E-state index >= 15 is 0 Å². The monoisotopic (exact) mass is 323 g/mol. The molecule has 1 fully saturated rings.